The van der Waals surface area contributed by atoms with Crippen LogP contribution < -0.4 is 5.32 Å². The summed E-state index contributed by atoms with van der Waals surface area (Å²) in [6.07, 6.45) is 7.31. The molecule has 1 saturated carbocycles. The lowest BCUT2D eigenvalue weighted by atomic mass is 9.64. The Morgan fingerprint density at radius 2 is 1.90 bits per heavy atom. The molecule has 2 bridgehead atoms. The maximum atomic E-state index is 14.2. The minimum Gasteiger partial charge on any atom is -0.329 e. The van der Waals surface area contributed by atoms with E-state index in [1.165, 1.54) is 18.4 Å². The largest absolute Gasteiger partial charge is 0.329 e. The molecule has 4 heteroatoms. The minimum absolute atomic E-state index is 0.100. The van der Waals surface area contributed by atoms with E-state index < -0.39 is 0 Å². The normalized spacial score (nSPS) is 31.7. The van der Waals surface area contributed by atoms with Crippen LogP contribution in [0.25, 0.3) is 10.8 Å². The van der Waals surface area contributed by atoms with Crippen LogP contribution in [-0.4, -0.2) is 40.0 Å². The Bertz CT molecular complexity index is 1120. The van der Waals surface area contributed by atoms with E-state index in [-0.39, 0.29) is 23.4 Å². The summed E-state index contributed by atoms with van der Waals surface area (Å²) in [5.41, 5.74) is 2.04. The number of carbonyl (C=O) groups is 1. The molecule has 3 aromatic rings. The molecule has 0 spiro atoms. The quantitative estimate of drug-likeness (QED) is 0.686. The molecular weight excluding hydrogens is 382 g/mol. The molecule has 6 rings (SSSR count). The standard InChI is InChI=1S/C27H29N3O/c1-27-17-21-22(16-18-8-3-2-4-9-18)30(24(27)13-7-12-23(27)29-21)26(31)25-20-11-6-5-10-19(20)14-15-28-25/h2-6,8-11,14-15,21-24,29H,7,12-13,16-17H2,1H3/t21-,22+,23-,24+,27-/m0/s1. The predicted octanol–water partition coefficient (Wildman–Crippen LogP) is 4.59. The zero-order chi connectivity index (χ0) is 21.0. The molecule has 31 heavy (non-hydrogen) atoms. The summed E-state index contributed by atoms with van der Waals surface area (Å²) in [4.78, 5) is 21.1. The predicted molar refractivity (Wildman–Crippen MR) is 123 cm³/mol. The maximum Gasteiger partial charge on any atom is 0.273 e. The van der Waals surface area contributed by atoms with Gasteiger partial charge in [0.05, 0.1) is 6.04 Å². The van der Waals surface area contributed by atoms with Gasteiger partial charge in [-0.3, -0.25) is 9.78 Å². The number of piperidine rings is 1. The molecule has 5 atom stereocenters. The van der Waals surface area contributed by atoms with Gasteiger partial charge < -0.3 is 10.2 Å². The fourth-order valence-electron chi connectivity index (χ4n) is 6.68. The molecule has 4 nitrogen and oxygen atoms in total. The van der Waals surface area contributed by atoms with Gasteiger partial charge >= 0.3 is 0 Å². The lowest BCUT2D eigenvalue weighted by molar-refractivity contribution is -0.0113. The van der Waals surface area contributed by atoms with Gasteiger partial charge in [0.1, 0.15) is 5.69 Å². The Balaban J connectivity index is 1.46. The van der Waals surface area contributed by atoms with E-state index in [9.17, 15) is 4.79 Å². The van der Waals surface area contributed by atoms with Crippen LogP contribution in [0.3, 0.4) is 0 Å². The number of nitrogens with one attached hydrogen (secondary N) is 1. The Labute approximate surface area is 183 Å². The van der Waals surface area contributed by atoms with Crippen LogP contribution in [-0.2, 0) is 6.42 Å². The van der Waals surface area contributed by atoms with E-state index in [0.717, 1.165) is 30.0 Å². The van der Waals surface area contributed by atoms with Gasteiger partial charge in [-0.15, -0.1) is 0 Å². The van der Waals surface area contributed by atoms with E-state index in [1.54, 1.807) is 6.20 Å². The number of pyridine rings is 1. The molecule has 3 fully saturated rings. The van der Waals surface area contributed by atoms with E-state index >= 15 is 0 Å². The van der Waals surface area contributed by atoms with E-state index in [2.05, 4.69) is 58.5 Å². The van der Waals surface area contributed by atoms with Crippen molar-refractivity contribution < 1.29 is 4.79 Å². The van der Waals surface area contributed by atoms with Gasteiger partial charge in [0.25, 0.3) is 5.91 Å². The van der Waals surface area contributed by atoms with Crippen molar-refractivity contribution in [1.29, 1.82) is 0 Å². The summed E-state index contributed by atoms with van der Waals surface area (Å²) in [5.74, 6) is 0.100. The number of aromatic nitrogens is 1. The first-order valence-electron chi connectivity index (χ1n) is 11.6. The van der Waals surface area contributed by atoms with Gasteiger partial charge in [-0.05, 0) is 49.1 Å². The van der Waals surface area contributed by atoms with Crippen molar-refractivity contribution in [2.45, 2.75) is 63.2 Å². The van der Waals surface area contributed by atoms with Crippen LogP contribution in [0.5, 0.6) is 0 Å². The van der Waals surface area contributed by atoms with E-state index in [1.807, 2.05) is 24.3 Å². The van der Waals surface area contributed by atoms with Crippen LogP contribution in [0.1, 0.15) is 48.7 Å². The zero-order valence-electron chi connectivity index (χ0n) is 18.0. The molecule has 1 aromatic heterocycles. The molecule has 0 radical (unpaired) electrons. The summed E-state index contributed by atoms with van der Waals surface area (Å²) >= 11 is 0. The number of fused-ring (bicyclic) bond motifs is 2. The number of hydrogen-bond acceptors (Lipinski definition) is 3. The van der Waals surface area contributed by atoms with Crippen molar-refractivity contribution in [2.24, 2.45) is 5.41 Å². The van der Waals surface area contributed by atoms with E-state index in [4.69, 9.17) is 0 Å². The van der Waals surface area contributed by atoms with Crippen molar-refractivity contribution in [3.05, 3.63) is 78.1 Å². The Kier molecular flexibility index (Phi) is 4.39. The number of likely N-dealkylation sites (tertiary alicyclic amines) is 1. The van der Waals surface area contributed by atoms with Crippen LogP contribution in [0.4, 0.5) is 0 Å². The molecule has 158 valence electrons. The summed E-state index contributed by atoms with van der Waals surface area (Å²) in [7, 11) is 0. The number of hydrogen-bond donors (Lipinski definition) is 1. The molecular formula is C27H29N3O. The molecule has 2 saturated heterocycles. The van der Waals surface area contributed by atoms with E-state index in [0.29, 0.717) is 17.8 Å². The first-order valence-corrected chi connectivity index (χ1v) is 11.6. The molecule has 3 heterocycles. The van der Waals surface area contributed by atoms with Crippen molar-refractivity contribution >= 4 is 16.7 Å². The first kappa shape index (κ1) is 19.0. The second-order valence-corrected chi connectivity index (χ2v) is 9.83. The van der Waals surface area contributed by atoms with Gasteiger partial charge in [0.2, 0.25) is 0 Å². The van der Waals surface area contributed by atoms with Crippen molar-refractivity contribution in [3.63, 3.8) is 0 Å². The topological polar surface area (TPSA) is 45.2 Å². The first-order chi connectivity index (χ1) is 15.1. The summed E-state index contributed by atoms with van der Waals surface area (Å²) in [6.45, 7) is 2.41. The summed E-state index contributed by atoms with van der Waals surface area (Å²) in [5, 5.41) is 5.98. The van der Waals surface area contributed by atoms with Crippen LogP contribution in [0, 0.1) is 5.41 Å². The van der Waals surface area contributed by atoms with Gasteiger partial charge in [0.15, 0.2) is 0 Å². The monoisotopic (exact) mass is 411 g/mol. The molecule has 2 aromatic carbocycles. The van der Waals surface area contributed by atoms with Crippen molar-refractivity contribution in [1.82, 2.24) is 15.2 Å². The third kappa shape index (κ3) is 2.92. The molecule has 1 aliphatic carbocycles. The number of rotatable bonds is 3. The molecule has 3 aliphatic rings. The third-order valence-corrected chi connectivity index (χ3v) is 8.16. The smallest absolute Gasteiger partial charge is 0.273 e. The molecule has 1 amide bonds. The highest BCUT2D eigenvalue weighted by atomic mass is 16.2. The maximum absolute atomic E-state index is 14.2. The molecule has 2 aliphatic heterocycles. The number of amides is 1. The highest BCUT2D eigenvalue weighted by molar-refractivity contribution is 6.05. The fourth-order valence-corrected chi connectivity index (χ4v) is 6.68. The number of carbonyl (C=O) groups excluding carboxylic acids is 1. The van der Waals surface area contributed by atoms with Gasteiger partial charge in [0, 0.05) is 35.1 Å². The third-order valence-electron chi connectivity index (χ3n) is 8.16. The Morgan fingerprint density at radius 1 is 1.10 bits per heavy atom. The van der Waals surface area contributed by atoms with Crippen LogP contribution in [0.15, 0.2) is 66.9 Å². The second kappa shape index (κ2) is 7.16. The highest BCUT2D eigenvalue weighted by Gasteiger charge is 2.60. The second-order valence-electron chi connectivity index (χ2n) is 9.83. The van der Waals surface area contributed by atoms with Crippen LogP contribution in [0.2, 0.25) is 0 Å². The van der Waals surface area contributed by atoms with Crippen molar-refractivity contribution in [3.8, 4) is 0 Å². The van der Waals surface area contributed by atoms with Gasteiger partial charge in [-0.1, -0.05) is 61.5 Å². The van der Waals surface area contributed by atoms with Gasteiger partial charge in [-0.25, -0.2) is 0 Å². The summed E-state index contributed by atoms with van der Waals surface area (Å²) < 4.78 is 0. The average Bonchev–Trinajstić information content (AvgIpc) is 3.15. The molecule has 1 N–H and O–H groups in total. The lowest BCUT2D eigenvalue weighted by Crippen LogP contribution is -2.62. The van der Waals surface area contributed by atoms with Crippen LogP contribution >= 0.6 is 0 Å². The Morgan fingerprint density at radius 3 is 2.77 bits per heavy atom. The Hall–Kier alpha value is -2.72. The summed E-state index contributed by atoms with van der Waals surface area (Å²) in [6, 6.07) is 22.0. The average molecular weight is 412 g/mol. The highest BCUT2D eigenvalue weighted by Crippen LogP contribution is 2.52. The SMILES string of the molecule is C[C@]12C[C@@H]3N[C@H]1CCC[C@H]2N(C(=O)c1nccc2ccccc12)[C@@H]3Cc1ccccc1. The number of nitrogens with zero attached hydrogens (tertiary/aromatic N) is 2. The van der Waals surface area contributed by atoms with Gasteiger partial charge in [-0.2, -0.15) is 0 Å². The zero-order valence-corrected chi connectivity index (χ0v) is 18.0. The minimum atomic E-state index is 0.100. The fraction of sp³-hybridized carbons (Fsp3) is 0.407. The molecule has 0 unspecified atom stereocenters. The van der Waals surface area contributed by atoms with Crippen molar-refractivity contribution in [2.75, 3.05) is 0 Å². The lowest BCUT2D eigenvalue weighted by Gasteiger charge is -2.53. The number of benzene rings is 2.